The zero-order chi connectivity index (χ0) is 23.4. The number of benzene rings is 2. The van der Waals surface area contributed by atoms with Crippen molar-refractivity contribution < 1.29 is 35.8 Å². The van der Waals surface area contributed by atoms with Crippen LogP contribution in [0.3, 0.4) is 0 Å². The van der Waals surface area contributed by atoms with Crippen LogP contribution < -0.4 is 4.74 Å². The Balaban J connectivity index is 1.76. The van der Waals surface area contributed by atoms with Gasteiger partial charge in [-0.25, -0.2) is 4.39 Å². The number of alkyl halides is 6. The van der Waals surface area contributed by atoms with Crippen molar-refractivity contribution in [2.75, 3.05) is 0 Å². The highest BCUT2D eigenvalue weighted by Crippen LogP contribution is 2.44. The first-order valence-electron chi connectivity index (χ1n) is 10.00. The monoisotopic (exact) mass is 456 g/mol. The lowest BCUT2D eigenvalue weighted by atomic mass is 9.87. The SMILES string of the molecule is CCc1ccc(COc2ccc(C3(OC(F)(F)C(F)C(F)(F)F)C=CC=CC3)cc2)cc1. The van der Waals surface area contributed by atoms with Gasteiger partial charge in [-0.2, -0.15) is 22.0 Å². The molecule has 2 nitrogen and oxygen atoms in total. The quantitative estimate of drug-likeness (QED) is 0.397. The molecule has 172 valence electrons. The molecule has 0 heterocycles. The molecule has 0 aliphatic heterocycles. The molecule has 0 amide bonds. The highest BCUT2D eigenvalue weighted by Gasteiger charge is 2.60. The van der Waals surface area contributed by atoms with Crippen LogP contribution in [-0.4, -0.2) is 18.5 Å². The molecule has 0 saturated carbocycles. The van der Waals surface area contributed by atoms with Crippen LogP contribution in [0, 0.1) is 0 Å². The van der Waals surface area contributed by atoms with Gasteiger partial charge in [0.2, 0.25) is 0 Å². The predicted octanol–water partition coefficient (Wildman–Crippen LogP) is 7.05. The van der Waals surface area contributed by atoms with Crippen molar-refractivity contribution in [1.82, 2.24) is 0 Å². The first-order valence-corrected chi connectivity index (χ1v) is 10.00. The van der Waals surface area contributed by atoms with Crippen LogP contribution in [0.15, 0.2) is 72.8 Å². The summed E-state index contributed by atoms with van der Waals surface area (Å²) < 4.78 is 89.5. The van der Waals surface area contributed by atoms with Crippen molar-refractivity contribution in [2.24, 2.45) is 0 Å². The van der Waals surface area contributed by atoms with Gasteiger partial charge in [0.15, 0.2) is 0 Å². The number of allylic oxidation sites excluding steroid dienone is 2. The van der Waals surface area contributed by atoms with E-state index in [1.807, 2.05) is 31.2 Å². The zero-order valence-corrected chi connectivity index (χ0v) is 17.2. The van der Waals surface area contributed by atoms with E-state index < -0.39 is 24.1 Å². The lowest BCUT2D eigenvalue weighted by Gasteiger charge is -2.36. The lowest BCUT2D eigenvalue weighted by Crippen LogP contribution is -2.48. The van der Waals surface area contributed by atoms with Gasteiger partial charge in [-0.15, -0.1) is 0 Å². The second kappa shape index (κ2) is 9.40. The Morgan fingerprint density at radius 2 is 1.53 bits per heavy atom. The third-order valence-electron chi connectivity index (χ3n) is 5.11. The summed E-state index contributed by atoms with van der Waals surface area (Å²) in [6.07, 6.45) is -9.00. The van der Waals surface area contributed by atoms with Gasteiger partial charge in [-0.05, 0) is 41.3 Å². The molecule has 8 heteroatoms. The van der Waals surface area contributed by atoms with Crippen molar-refractivity contribution in [2.45, 2.75) is 50.4 Å². The van der Waals surface area contributed by atoms with Gasteiger partial charge in [0, 0.05) is 6.42 Å². The second-order valence-corrected chi connectivity index (χ2v) is 7.43. The maximum atomic E-state index is 14.1. The smallest absolute Gasteiger partial charge is 0.428 e. The summed E-state index contributed by atoms with van der Waals surface area (Å²) in [5.41, 5.74) is 0.317. The molecule has 3 rings (SSSR count). The Morgan fingerprint density at radius 1 is 0.906 bits per heavy atom. The standard InChI is InChI=1S/C24H22F6O2/c1-2-17-6-8-18(9-7-17)16-31-20-12-10-19(11-13-20)22(14-4-3-5-15-22)32-24(29,30)21(25)23(26,27)28/h3-14,21H,2,15-16H2,1H3. The van der Waals surface area contributed by atoms with Crippen LogP contribution in [0.2, 0.25) is 0 Å². The van der Waals surface area contributed by atoms with Crippen molar-refractivity contribution in [3.05, 3.63) is 89.5 Å². The minimum Gasteiger partial charge on any atom is -0.489 e. The van der Waals surface area contributed by atoms with E-state index in [9.17, 15) is 26.3 Å². The molecule has 1 aliphatic carbocycles. The van der Waals surface area contributed by atoms with Gasteiger partial charge >= 0.3 is 12.3 Å². The molecule has 0 bridgehead atoms. The number of hydrogen-bond acceptors (Lipinski definition) is 2. The summed E-state index contributed by atoms with van der Waals surface area (Å²) in [6.45, 7) is 2.33. The maximum absolute atomic E-state index is 14.1. The van der Waals surface area contributed by atoms with Gasteiger partial charge in [0.05, 0.1) is 0 Å². The molecule has 1 aliphatic rings. The second-order valence-electron chi connectivity index (χ2n) is 7.43. The fourth-order valence-electron chi connectivity index (χ4n) is 3.31. The fraction of sp³-hybridized carbons (Fsp3) is 0.333. The summed E-state index contributed by atoms with van der Waals surface area (Å²) in [4.78, 5) is 0. The molecule has 2 atom stereocenters. The number of rotatable bonds is 8. The molecule has 2 aromatic carbocycles. The minimum atomic E-state index is -5.76. The fourth-order valence-corrected chi connectivity index (χ4v) is 3.31. The predicted molar refractivity (Wildman–Crippen MR) is 108 cm³/mol. The van der Waals surface area contributed by atoms with Gasteiger partial charge in [0.25, 0.3) is 6.17 Å². The Kier molecular flexibility index (Phi) is 7.03. The molecule has 2 aromatic rings. The molecule has 0 saturated heterocycles. The summed E-state index contributed by atoms with van der Waals surface area (Å²) in [5.74, 6) is 0.434. The molecule has 0 radical (unpaired) electrons. The molecular weight excluding hydrogens is 434 g/mol. The van der Waals surface area contributed by atoms with Gasteiger partial charge in [0.1, 0.15) is 18.0 Å². The van der Waals surface area contributed by atoms with Crippen LogP contribution in [-0.2, 0) is 23.4 Å². The van der Waals surface area contributed by atoms with E-state index in [4.69, 9.17) is 4.74 Å². The number of ether oxygens (including phenoxy) is 2. The van der Waals surface area contributed by atoms with Crippen LogP contribution in [0.5, 0.6) is 5.75 Å². The maximum Gasteiger partial charge on any atom is 0.428 e. The normalized spacial score (nSPS) is 19.7. The summed E-state index contributed by atoms with van der Waals surface area (Å²) >= 11 is 0. The van der Waals surface area contributed by atoms with E-state index in [1.54, 1.807) is 0 Å². The Hall–Kier alpha value is -2.74. The Bertz CT molecular complexity index is 948. The van der Waals surface area contributed by atoms with E-state index in [2.05, 4.69) is 4.74 Å². The zero-order valence-electron chi connectivity index (χ0n) is 17.2. The van der Waals surface area contributed by atoms with Crippen LogP contribution >= 0.6 is 0 Å². The van der Waals surface area contributed by atoms with Crippen LogP contribution in [0.1, 0.15) is 30.0 Å². The van der Waals surface area contributed by atoms with E-state index in [0.29, 0.717) is 5.75 Å². The van der Waals surface area contributed by atoms with E-state index in [-0.39, 0.29) is 18.6 Å². The van der Waals surface area contributed by atoms with Crippen molar-refractivity contribution in [3.8, 4) is 5.75 Å². The largest absolute Gasteiger partial charge is 0.489 e. The Morgan fingerprint density at radius 3 is 2.06 bits per heavy atom. The van der Waals surface area contributed by atoms with Gasteiger partial charge in [-0.1, -0.05) is 61.5 Å². The van der Waals surface area contributed by atoms with Crippen molar-refractivity contribution in [1.29, 1.82) is 0 Å². The summed E-state index contributed by atoms with van der Waals surface area (Å²) in [5, 5.41) is 0. The molecule has 0 aromatic heterocycles. The van der Waals surface area contributed by atoms with Crippen molar-refractivity contribution >= 4 is 0 Å². The molecular formula is C24H22F6O2. The number of halogens is 6. The molecule has 0 fully saturated rings. The van der Waals surface area contributed by atoms with Gasteiger partial charge < -0.3 is 9.47 Å². The Labute approximate surface area is 182 Å². The minimum absolute atomic E-state index is 0.145. The molecule has 32 heavy (non-hydrogen) atoms. The number of hydrogen-bond donors (Lipinski definition) is 0. The molecule has 2 unspecified atom stereocenters. The highest BCUT2D eigenvalue weighted by atomic mass is 19.4. The van der Waals surface area contributed by atoms with E-state index in [0.717, 1.165) is 12.0 Å². The van der Waals surface area contributed by atoms with E-state index >= 15 is 0 Å². The highest BCUT2D eigenvalue weighted by molar-refractivity contribution is 5.37. The molecule has 0 spiro atoms. The lowest BCUT2D eigenvalue weighted by molar-refractivity contribution is -0.362. The summed E-state index contributed by atoms with van der Waals surface area (Å²) in [7, 11) is 0. The third kappa shape index (κ3) is 5.54. The average Bonchev–Trinajstić information content (AvgIpc) is 2.77. The third-order valence-corrected chi connectivity index (χ3v) is 5.11. The number of aryl methyl sites for hydroxylation is 1. The van der Waals surface area contributed by atoms with Crippen LogP contribution in [0.4, 0.5) is 26.3 Å². The average molecular weight is 456 g/mol. The first-order chi connectivity index (χ1) is 15.1. The van der Waals surface area contributed by atoms with E-state index in [1.165, 1.54) is 54.1 Å². The first kappa shape index (κ1) is 23.9. The summed E-state index contributed by atoms with van der Waals surface area (Å²) in [6, 6.07) is 13.7. The van der Waals surface area contributed by atoms with Crippen molar-refractivity contribution in [3.63, 3.8) is 0 Å². The molecule has 0 N–H and O–H groups in total. The van der Waals surface area contributed by atoms with Crippen LogP contribution in [0.25, 0.3) is 0 Å². The topological polar surface area (TPSA) is 18.5 Å². The van der Waals surface area contributed by atoms with Gasteiger partial charge in [-0.3, -0.25) is 0 Å².